The second-order valence-electron chi connectivity index (χ2n) is 10.8. The van der Waals surface area contributed by atoms with Crippen LogP contribution in [0.3, 0.4) is 0 Å². The van der Waals surface area contributed by atoms with Gasteiger partial charge in [0.1, 0.15) is 35.3 Å². The number of aromatic carboxylic acids is 1. The first-order chi connectivity index (χ1) is 19.8. The van der Waals surface area contributed by atoms with Crippen LogP contribution in [0.5, 0.6) is 5.75 Å². The first-order valence-electron chi connectivity index (χ1n) is 13.3. The molecule has 42 heavy (non-hydrogen) atoms. The Hall–Kier alpha value is -4.50. The van der Waals surface area contributed by atoms with Gasteiger partial charge >= 0.3 is 5.97 Å². The smallest absolute Gasteiger partial charge is 0.335 e. The van der Waals surface area contributed by atoms with Crippen molar-refractivity contribution < 1.29 is 24.2 Å². The van der Waals surface area contributed by atoms with Gasteiger partial charge in [-0.05, 0) is 60.5 Å². The van der Waals surface area contributed by atoms with Crippen molar-refractivity contribution in [2.75, 3.05) is 5.32 Å². The monoisotopic (exact) mass is 580 g/mol. The number of nitrogens with zero attached hydrogens (tertiary/aromatic N) is 1. The second kappa shape index (κ2) is 12.6. The molecule has 3 aromatic carbocycles. The predicted octanol–water partition coefficient (Wildman–Crippen LogP) is 2.38. The minimum Gasteiger partial charge on any atom is -0.511 e. The number of ether oxygens (including phenoxy) is 1. The van der Waals surface area contributed by atoms with Gasteiger partial charge < -0.3 is 15.2 Å². The first-order valence-corrected chi connectivity index (χ1v) is 13.6. The number of rotatable bonds is 10. The highest BCUT2D eigenvalue weighted by atomic mass is 35.5. The van der Waals surface area contributed by atoms with Gasteiger partial charge in [-0.15, -0.1) is 0 Å². The Morgan fingerprint density at radius 3 is 2.24 bits per heavy atom. The molecule has 0 fully saturated rings. The van der Waals surface area contributed by atoms with E-state index in [0.29, 0.717) is 33.1 Å². The maximum Gasteiger partial charge on any atom is 0.335 e. The van der Waals surface area contributed by atoms with Gasteiger partial charge in [-0.2, -0.15) is 0 Å². The summed E-state index contributed by atoms with van der Waals surface area (Å²) in [5, 5.41) is 11.7. The van der Waals surface area contributed by atoms with Crippen LogP contribution in [0.4, 0.5) is 5.69 Å². The molecule has 1 amide bonds. The molecule has 0 aliphatic rings. The summed E-state index contributed by atoms with van der Waals surface area (Å²) >= 11 is 6.29. The van der Waals surface area contributed by atoms with Crippen molar-refractivity contribution in [3.63, 3.8) is 0 Å². The number of carboxylic acids is 1. The van der Waals surface area contributed by atoms with Crippen LogP contribution in [0.2, 0.25) is 5.02 Å². The Morgan fingerprint density at radius 1 is 0.976 bits per heavy atom. The third-order valence-corrected chi connectivity index (χ3v) is 6.66. The third-order valence-electron chi connectivity index (χ3n) is 6.42. The molecule has 1 aromatic heterocycles. The van der Waals surface area contributed by atoms with Gasteiger partial charge in [-0.3, -0.25) is 19.0 Å². The molecular weight excluding hydrogens is 552 g/mol. The second-order valence-corrected chi connectivity index (χ2v) is 11.3. The van der Waals surface area contributed by atoms with Gasteiger partial charge in [0.2, 0.25) is 5.91 Å². The average Bonchev–Trinajstić information content (AvgIpc) is 2.92. The van der Waals surface area contributed by atoms with E-state index in [-0.39, 0.29) is 17.8 Å². The van der Waals surface area contributed by atoms with Crippen LogP contribution in [-0.2, 0) is 11.2 Å². The molecule has 0 saturated heterocycles. The van der Waals surface area contributed by atoms with Crippen molar-refractivity contribution in [3.05, 3.63) is 117 Å². The van der Waals surface area contributed by atoms with Crippen molar-refractivity contribution in [3.8, 4) is 16.9 Å². The van der Waals surface area contributed by atoms with E-state index in [1.165, 1.54) is 48.0 Å². The Morgan fingerprint density at radius 2 is 1.64 bits per heavy atom. The van der Waals surface area contributed by atoms with Crippen LogP contribution in [-0.4, -0.2) is 56.2 Å². The number of pyridine rings is 1. The van der Waals surface area contributed by atoms with E-state index >= 15 is 0 Å². The van der Waals surface area contributed by atoms with E-state index in [1.807, 2.05) is 53.9 Å². The van der Waals surface area contributed by atoms with Crippen molar-refractivity contribution in [1.29, 1.82) is 0 Å². The SMILES string of the molecule is BC(B)(B)Oc1cn(C(Cc2ccccc2)C(=O)Nc2ccc(C(=O)O)cc2)c(=O)cc1-c1cc(Cl)ccc1C(C)=O. The number of carboxylic acid groups (broad SMARTS) is 1. The van der Waals surface area contributed by atoms with E-state index in [2.05, 4.69) is 5.32 Å². The van der Waals surface area contributed by atoms with E-state index in [0.717, 1.165) is 5.56 Å². The minimum absolute atomic E-state index is 0.0792. The fraction of sp³-hybridized carbons (Fsp3) is 0.133. The number of aromatic nitrogens is 1. The van der Waals surface area contributed by atoms with Crippen LogP contribution >= 0.6 is 11.6 Å². The molecule has 4 aromatic rings. The van der Waals surface area contributed by atoms with Crippen LogP contribution in [0, 0.1) is 0 Å². The number of nitrogens with one attached hydrogen (secondary N) is 1. The van der Waals surface area contributed by atoms with Gasteiger partial charge in [0.15, 0.2) is 5.78 Å². The van der Waals surface area contributed by atoms with Crippen LogP contribution < -0.4 is 15.6 Å². The summed E-state index contributed by atoms with van der Waals surface area (Å²) in [6.45, 7) is 1.43. The molecule has 0 bridgehead atoms. The Bertz CT molecular complexity index is 1700. The van der Waals surface area contributed by atoms with Gasteiger partial charge in [-0.1, -0.05) is 41.9 Å². The van der Waals surface area contributed by atoms with Crippen molar-refractivity contribution in [2.45, 2.75) is 24.7 Å². The average molecular weight is 580 g/mol. The standard InChI is InChI=1S/C30H28B3ClN2O6/c1-17(37)22-12-9-20(34)14-23(22)24-15-27(38)36(16-26(24)42-30(31,32)33)25(13-18-5-3-2-4-6-18)28(39)35-21-10-7-19(8-11-21)29(40)41/h2-12,14-16,25H,13,31-33H2,1H3,(H,35,39)(H,40,41). The number of anilines is 1. The van der Waals surface area contributed by atoms with E-state index in [4.69, 9.17) is 16.3 Å². The molecule has 1 heterocycles. The van der Waals surface area contributed by atoms with Crippen molar-refractivity contribution >= 4 is 58.5 Å². The number of halogens is 1. The number of carbonyl (C=O) groups is 3. The highest BCUT2D eigenvalue weighted by Gasteiger charge is 2.27. The molecule has 4 rings (SSSR count). The Kier molecular flexibility index (Phi) is 9.12. The lowest BCUT2D eigenvalue weighted by molar-refractivity contribution is -0.119. The summed E-state index contributed by atoms with van der Waals surface area (Å²) in [5.41, 5.74) is 1.99. The largest absolute Gasteiger partial charge is 0.511 e. The van der Waals surface area contributed by atoms with Crippen LogP contribution in [0.1, 0.15) is 39.2 Å². The summed E-state index contributed by atoms with van der Waals surface area (Å²) < 4.78 is 7.61. The molecule has 0 aliphatic heterocycles. The number of hydrogen-bond donors (Lipinski definition) is 2. The zero-order valence-electron chi connectivity index (χ0n) is 23.7. The number of carbonyl (C=O) groups excluding carboxylic acids is 2. The predicted molar refractivity (Wildman–Crippen MR) is 171 cm³/mol. The van der Waals surface area contributed by atoms with Crippen molar-refractivity contribution in [2.24, 2.45) is 0 Å². The van der Waals surface area contributed by atoms with E-state index in [1.54, 1.807) is 18.2 Å². The molecule has 1 unspecified atom stereocenters. The zero-order valence-corrected chi connectivity index (χ0v) is 24.4. The molecule has 0 saturated carbocycles. The molecule has 0 spiro atoms. The minimum atomic E-state index is -1.08. The number of ketones is 1. The lowest BCUT2D eigenvalue weighted by Gasteiger charge is -2.27. The van der Waals surface area contributed by atoms with Gasteiger partial charge in [0.25, 0.3) is 5.56 Å². The summed E-state index contributed by atoms with van der Waals surface area (Å²) in [4.78, 5) is 51.2. The lowest BCUT2D eigenvalue weighted by Crippen LogP contribution is -2.39. The van der Waals surface area contributed by atoms with Crippen LogP contribution in [0.15, 0.2) is 89.9 Å². The highest BCUT2D eigenvalue weighted by molar-refractivity contribution is 6.58. The summed E-state index contributed by atoms with van der Waals surface area (Å²) in [6.07, 6.45) is 1.68. The summed E-state index contributed by atoms with van der Waals surface area (Å²) in [5.74, 6) is -1.47. The number of amides is 1. The van der Waals surface area contributed by atoms with Crippen LogP contribution in [0.25, 0.3) is 11.1 Å². The number of benzene rings is 3. The molecule has 12 heteroatoms. The van der Waals surface area contributed by atoms with Gasteiger partial charge in [-0.25, -0.2) is 4.79 Å². The number of hydrogen-bond acceptors (Lipinski definition) is 5. The topological polar surface area (TPSA) is 115 Å². The lowest BCUT2D eigenvalue weighted by atomic mass is 9.52. The molecular formula is C30H28B3ClN2O6. The Labute approximate surface area is 250 Å². The molecule has 2 N–H and O–H groups in total. The molecule has 0 aliphatic carbocycles. The van der Waals surface area contributed by atoms with E-state index < -0.39 is 28.8 Å². The quantitative estimate of drug-likeness (QED) is 0.220. The fourth-order valence-electron chi connectivity index (χ4n) is 4.52. The highest BCUT2D eigenvalue weighted by Crippen LogP contribution is 2.35. The summed E-state index contributed by atoms with van der Waals surface area (Å²) in [7, 11) is 5.56. The fourth-order valence-corrected chi connectivity index (χ4v) is 4.69. The first kappa shape index (κ1) is 30.5. The molecule has 210 valence electrons. The van der Waals surface area contributed by atoms with Gasteiger partial charge in [0.05, 0.1) is 11.8 Å². The maximum absolute atomic E-state index is 13.7. The van der Waals surface area contributed by atoms with Gasteiger partial charge in [0, 0.05) is 39.6 Å². The number of Topliss-reactive ketones (excluding diaryl/α,β-unsaturated/α-hetero) is 1. The normalized spacial score (nSPS) is 11.9. The molecule has 0 radical (unpaired) electrons. The molecule has 1 atom stereocenters. The third kappa shape index (κ3) is 7.41. The molecule has 8 nitrogen and oxygen atoms in total. The maximum atomic E-state index is 13.7. The Balaban J connectivity index is 1.86. The zero-order chi connectivity index (χ0) is 30.6. The van der Waals surface area contributed by atoms with E-state index in [9.17, 15) is 24.3 Å². The summed E-state index contributed by atoms with van der Waals surface area (Å²) in [6, 6.07) is 20.2. The van der Waals surface area contributed by atoms with Crippen molar-refractivity contribution in [1.82, 2.24) is 4.57 Å².